The summed E-state index contributed by atoms with van der Waals surface area (Å²) in [4.78, 5) is 2.75. The van der Waals surface area contributed by atoms with Crippen LogP contribution < -0.4 is 5.32 Å². The first-order chi connectivity index (χ1) is 6.90. The average Bonchev–Trinajstić information content (AvgIpc) is 2.30. The normalized spacial score (nSPS) is 35.8. The molecule has 1 saturated heterocycles. The van der Waals surface area contributed by atoms with Gasteiger partial charge in [0.2, 0.25) is 0 Å². The molecule has 1 heterocycles. The molecule has 2 aliphatic rings. The predicted molar refractivity (Wildman–Crippen MR) is 60.5 cm³/mol. The summed E-state index contributed by atoms with van der Waals surface area (Å²) in [5.41, 5.74) is 0. The van der Waals surface area contributed by atoms with Crippen molar-refractivity contribution < 1.29 is 0 Å². The van der Waals surface area contributed by atoms with Crippen LogP contribution in [0.3, 0.4) is 0 Å². The fraction of sp³-hybridized carbons (Fsp3) is 1.00. The fourth-order valence-corrected chi connectivity index (χ4v) is 3.01. The summed E-state index contributed by atoms with van der Waals surface area (Å²) < 4.78 is 0. The van der Waals surface area contributed by atoms with Crippen molar-refractivity contribution in [2.75, 3.05) is 20.1 Å². The zero-order valence-corrected chi connectivity index (χ0v) is 9.47. The van der Waals surface area contributed by atoms with E-state index in [9.17, 15) is 0 Å². The minimum Gasteiger partial charge on any atom is -0.317 e. The Labute approximate surface area is 88.1 Å². The zero-order chi connectivity index (χ0) is 9.80. The van der Waals surface area contributed by atoms with Crippen LogP contribution in [-0.2, 0) is 0 Å². The quantitative estimate of drug-likeness (QED) is 0.727. The highest BCUT2D eigenvalue weighted by Gasteiger charge is 2.25. The molecular weight excluding hydrogens is 172 g/mol. The van der Waals surface area contributed by atoms with Crippen LogP contribution in [0.1, 0.15) is 44.9 Å². The van der Waals surface area contributed by atoms with Gasteiger partial charge in [-0.05, 0) is 58.7 Å². The summed E-state index contributed by atoms with van der Waals surface area (Å²) in [5, 5.41) is 3.41. The van der Waals surface area contributed by atoms with Gasteiger partial charge in [-0.25, -0.2) is 0 Å². The zero-order valence-electron chi connectivity index (χ0n) is 9.47. The lowest BCUT2D eigenvalue weighted by molar-refractivity contribution is 0.122. The first kappa shape index (κ1) is 10.4. The molecule has 0 radical (unpaired) electrons. The predicted octanol–water partition coefficient (Wildman–Crippen LogP) is 2.00. The van der Waals surface area contributed by atoms with E-state index in [2.05, 4.69) is 17.3 Å². The van der Waals surface area contributed by atoms with Crippen LogP contribution in [-0.4, -0.2) is 37.1 Å². The summed E-state index contributed by atoms with van der Waals surface area (Å²) in [6.45, 7) is 2.74. The van der Waals surface area contributed by atoms with E-state index in [1.807, 2.05) is 0 Å². The largest absolute Gasteiger partial charge is 0.317 e. The smallest absolute Gasteiger partial charge is 0.00964 e. The topological polar surface area (TPSA) is 15.3 Å². The third-order valence-corrected chi connectivity index (χ3v) is 4.01. The molecule has 0 unspecified atom stereocenters. The van der Waals surface area contributed by atoms with Crippen LogP contribution in [0.2, 0.25) is 0 Å². The minimum atomic E-state index is 0.802. The van der Waals surface area contributed by atoms with Gasteiger partial charge in [-0.1, -0.05) is 6.42 Å². The Bertz CT molecular complexity index is 156. The van der Waals surface area contributed by atoms with E-state index in [4.69, 9.17) is 0 Å². The third-order valence-electron chi connectivity index (χ3n) is 4.01. The highest BCUT2D eigenvalue weighted by atomic mass is 15.2. The highest BCUT2D eigenvalue weighted by Crippen LogP contribution is 2.25. The SMILES string of the molecule is CNC1CCC(N2CCCCC2)CC1. The second-order valence-corrected chi connectivity index (χ2v) is 4.89. The van der Waals surface area contributed by atoms with E-state index < -0.39 is 0 Å². The van der Waals surface area contributed by atoms with Crippen molar-refractivity contribution in [3.8, 4) is 0 Å². The number of likely N-dealkylation sites (tertiary alicyclic amines) is 1. The van der Waals surface area contributed by atoms with Crippen LogP contribution in [0.4, 0.5) is 0 Å². The average molecular weight is 196 g/mol. The van der Waals surface area contributed by atoms with Crippen LogP contribution in [0, 0.1) is 0 Å². The third kappa shape index (κ3) is 2.48. The first-order valence-electron chi connectivity index (χ1n) is 6.31. The van der Waals surface area contributed by atoms with Gasteiger partial charge in [-0.15, -0.1) is 0 Å². The Hall–Kier alpha value is -0.0800. The van der Waals surface area contributed by atoms with Crippen molar-refractivity contribution in [3.05, 3.63) is 0 Å². The van der Waals surface area contributed by atoms with Crippen molar-refractivity contribution in [1.82, 2.24) is 10.2 Å². The molecule has 2 nitrogen and oxygen atoms in total. The van der Waals surface area contributed by atoms with Crippen molar-refractivity contribution in [3.63, 3.8) is 0 Å². The lowest BCUT2D eigenvalue weighted by Gasteiger charge is -2.38. The monoisotopic (exact) mass is 196 g/mol. The van der Waals surface area contributed by atoms with Gasteiger partial charge in [0.25, 0.3) is 0 Å². The summed E-state index contributed by atoms with van der Waals surface area (Å²) in [7, 11) is 2.10. The van der Waals surface area contributed by atoms with E-state index in [1.165, 1.54) is 58.0 Å². The van der Waals surface area contributed by atoms with Gasteiger partial charge in [0.1, 0.15) is 0 Å². The standard InChI is InChI=1S/C12H24N2/c1-13-11-5-7-12(8-6-11)14-9-3-2-4-10-14/h11-13H,2-10H2,1H3. The molecule has 1 aliphatic heterocycles. The molecule has 0 aromatic heterocycles. The van der Waals surface area contributed by atoms with Crippen LogP contribution in [0.15, 0.2) is 0 Å². The summed E-state index contributed by atoms with van der Waals surface area (Å²) >= 11 is 0. The number of piperidine rings is 1. The van der Waals surface area contributed by atoms with Crippen molar-refractivity contribution >= 4 is 0 Å². The maximum Gasteiger partial charge on any atom is 0.00964 e. The molecule has 1 saturated carbocycles. The summed E-state index contributed by atoms with van der Waals surface area (Å²) in [5.74, 6) is 0. The van der Waals surface area contributed by atoms with E-state index in [1.54, 1.807) is 0 Å². The second kappa shape index (κ2) is 5.13. The molecule has 0 aromatic rings. The van der Waals surface area contributed by atoms with Gasteiger partial charge < -0.3 is 10.2 Å². The van der Waals surface area contributed by atoms with Gasteiger partial charge in [-0.2, -0.15) is 0 Å². The highest BCUT2D eigenvalue weighted by molar-refractivity contribution is 4.83. The van der Waals surface area contributed by atoms with E-state index >= 15 is 0 Å². The molecule has 0 bridgehead atoms. The Morgan fingerprint density at radius 2 is 1.57 bits per heavy atom. The van der Waals surface area contributed by atoms with Gasteiger partial charge in [0.15, 0.2) is 0 Å². The van der Waals surface area contributed by atoms with Gasteiger partial charge in [-0.3, -0.25) is 0 Å². The Balaban J connectivity index is 1.76. The van der Waals surface area contributed by atoms with Gasteiger partial charge in [0, 0.05) is 12.1 Å². The molecule has 1 aliphatic carbocycles. The Morgan fingerprint density at radius 3 is 2.14 bits per heavy atom. The lowest BCUT2D eigenvalue weighted by Crippen LogP contribution is -2.43. The molecule has 0 spiro atoms. The van der Waals surface area contributed by atoms with Crippen molar-refractivity contribution in [2.45, 2.75) is 57.0 Å². The molecule has 0 atom stereocenters. The first-order valence-corrected chi connectivity index (χ1v) is 6.31. The molecular formula is C12H24N2. The van der Waals surface area contributed by atoms with Crippen LogP contribution in [0.5, 0.6) is 0 Å². The summed E-state index contributed by atoms with van der Waals surface area (Å²) in [6.07, 6.45) is 9.95. The molecule has 0 aromatic carbocycles. The van der Waals surface area contributed by atoms with E-state index in [0.29, 0.717) is 0 Å². The fourth-order valence-electron chi connectivity index (χ4n) is 3.01. The van der Waals surface area contributed by atoms with E-state index in [-0.39, 0.29) is 0 Å². The van der Waals surface area contributed by atoms with Crippen LogP contribution >= 0.6 is 0 Å². The minimum absolute atomic E-state index is 0.802. The maximum absolute atomic E-state index is 3.41. The van der Waals surface area contributed by atoms with Gasteiger partial charge >= 0.3 is 0 Å². The number of hydrogen-bond acceptors (Lipinski definition) is 2. The number of nitrogens with one attached hydrogen (secondary N) is 1. The molecule has 0 amide bonds. The van der Waals surface area contributed by atoms with Crippen molar-refractivity contribution in [2.24, 2.45) is 0 Å². The maximum atomic E-state index is 3.41. The molecule has 1 N–H and O–H groups in total. The van der Waals surface area contributed by atoms with Crippen LogP contribution in [0.25, 0.3) is 0 Å². The number of nitrogens with zero attached hydrogens (tertiary/aromatic N) is 1. The molecule has 82 valence electrons. The van der Waals surface area contributed by atoms with E-state index in [0.717, 1.165) is 12.1 Å². The molecule has 2 heteroatoms. The lowest BCUT2D eigenvalue weighted by atomic mass is 9.89. The molecule has 2 fully saturated rings. The molecule has 14 heavy (non-hydrogen) atoms. The number of hydrogen-bond donors (Lipinski definition) is 1. The second-order valence-electron chi connectivity index (χ2n) is 4.89. The number of rotatable bonds is 2. The van der Waals surface area contributed by atoms with Crippen molar-refractivity contribution in [1.29, 1.82) is 0 Å². The Kier molecular flexibility index (Phi) is 3.82. The van der Waals surface area contributed by atoms with Gasteiger partial charge in [0.05, 0.1) is 0 Å². The Morgan fingerprint density at radius 1 is 0.929 bits per heavy atom. The summed E-state index contributed by atoms with van der Waals surface area (Å²) in [6, 6.07) is 1.72. The molecule has 2 rings (SSSR count).